The molecule has 0 saturated carbocycles. The van der Waals surface area contributed by atoms with Crippen molar-refractivity contribution in [2.45, 2.75) is 12.8 Å². The van der Waals surface area contributed by atoms with Crippen molar-refractivity contribution in [1.29, 1.82) is 0 Å². The zero-order chi connectivity index (χ0) is 12.1. The fourth-order valence-electron chi connectivity index (χ4n) is 1.90. The zero-order valence-corrected chi connectivity index (χ0v) is 12.1. The molecule has 0 spiro atoms. The first-order valence-corrected chi connectivity index (χ1v) is 5.85. The maximum Gasteiger partial charge on any atom is 0.267 e. The van der Waals surface area contributed by atoms with Gasteiger partial charge in [-0.05, 0) is 37.9 Å². The number of rotatable bonds is 4. The lowest BCUT2D eigenvalue weighted by Gasteiger charge is -2.22. The number of nitrogens with one attached hydrogen (secondary N) is 1. The van der Waals surface area contributed by atoms with E-state index in [2.05, 4.69) is 10.3 Å². The van der Waals surface area contributed by atoms with E-state index in [1.165, 1.54) is 6.20 Å². The van der Waals surface area contributed by atoms with Crippen molar-refractivity contribution in [3.63, 3.8) is 0 Å². The summed E-state index contributed by atoms with van der Waals surface area (Å²) in [5, 5.41) is 3.31. The molecule has 1 aromatic heterocycles. The molecule has 1 fully saturated rings. The molecule has 0 atom stereocenters. The summed E-state index contributed by atoms with van der Waals surface area (Å²) in [4.78, 5) is 14.8. The van der Waals surface area contributed by atoms with Gasteiger partial charge in [0.25, 0.3) is 5.91 Å². The first-order valence-electron chi connectivity index (χ1n) is 5.85. The van der Waals surface area contributed by atoms with Crippen molar-refractivity contribution in [1.82, 2.24) is 10.3 Å². The van der Waals surface area contributed by atoms with Gasteiger partial charge < -0.3 is 15.8 Å². The summed E-state index contributed by atoms with van der Waals surface area (Å²) in [6, 6.07) is 3.33. The van der Waals surface area contributed by atoms with Gasteiger partial charge in [0, 0.05) is 12.3 Å². The molecule has 7 heteroatoms. The summed E-state index contributed by atoms with van der Waals surface area (Å²) < 4.78 is 5.66. The Hall–Kier alpha value is -1.04. The highest BCUT2D eigenvalue weighted by Crippen LogP contribution is 2.16. The summed E-state index contributed by atoms with van der Waals surface area (Å²) in [5.41, 5.74) is 5.40. The summed E-state index contributed by atoms with van der Waals surface area (Å²) >= 11 is 0. The largest absolute Gasteiger partial charge is 0.493 e. The Morgan fingerprint density at radius 2 is 2.11 bits per heavy atom. The molecule has 0 aliphatic carbocycles. The van der Waals surface area contributed by atoms with Crippen LogP contribution < -0.4 is 15.8 Å². The number of nitrogens with two attached hydrogens (primary N) is 1. The number of hydrogen-bond donors (Lipinski definition) is 2. The van der Waals surface area contributed by atoms with Gasteiger partial charge in [-0.2, -0.15) is 0 Å². The van der Waals surface area contributed by atoms with Gasteiger partial charge in [-0.1, -0.05) is 0 Å². The van der Waals surface area contributed by atoms with E-state index in [9.17, 15) is 4.79 Å². The van der Waals surface area contributed by atoms with Gasteiger partial charge in [-0.3, -0.25) is 9.78 Å². The van der Waals surface area contributed by atoms with E-state index in [1.807, 2.05) is 0 Å². The van der Waals surface area contributed by atoms with Gasteiger partial charge in [0.1, 0.15) is 11.4 Å². The molecule has 0 bridgehead atoms. The molecular weight excluding hydrogens is 289 g/mol. The van der Waals surface area contributed by atoms with E-state index in [0.717, 1.165) is 25.9 Å². The topological polar surface area (TPSA) is 77.2 Å². The predicted octanol–water partition coefficient (Wildman–Crippen LogP) is 1.40. The lowest BCUT2D eigenvalue weighted by atomic mass is 9.99. The quantitative estimate of drug-likeness (QED) is 0.881. The third-order valence-electron chi connectivity index (χ3n) is 2.93. The van der Waals surface area contributed by atoms with Crippen LogP contribution in [0, 0.1) is 5.92 Å². The molecule has 1 saturated heterocycles. The average Bonchev–Trinajstić information content (AvgIpc) is 2.38. The second-order valence-electron chi connectivity index (χ2n) is 4.25. The zero-order valence-electron chi connectivity index (χ0n) is 10.5. The predicted molar refractivity (Wildman–Crippen MR) is 78.3 cm³/mol. The van der Waals surface area contributed by atoms with Crippen molar-refractivity contribution < 1.29 is 9.53 Å². The normalized spacial score (nSPS) is 14.9. The van der Waals surface area contributed by atoms with E-state index in [4.69, 9.17) is 10.5 Å². The van der Waals surface area contributed by atoms with Crippen LogP contribution in [0.4, 0.5) is 0 Å². The number of hydrogen-bond acceptors (Lipinski definition) is 4. The van der Waals surface area contributed by atoms with E-state index < -0.39 is 5.91 Å². The summed E-state index contributed by atoms with van der Waals surface area (Å²) in [5.74, 6) is 0.714. The smallest absolute Gasteiger partial charge is 0.267 e. The Balaban J connectivity index is 0.00000162. The van der Waals surface area contributed by atoms with Crippen molar-refractivity contribution in [3.05, 3.63) is 24.0 Å². The fourth-order valence-corrected chi connectivity index (χ4v) is 1.90. The van der Waals surface area contributed by atoms with Crippen LogP contribution in [0.3, 0.4) is 0 Å². The number of pyridine rings is 1. The van der Waals surface area contributed by atoms with Crippen LogP contribution in [0.1, 0.15) is 23.3 Å². The van der Waals surface area contributed by atoms with Crippen LogP contribution in [0.5, 0.6) is 5.75 Å². The Kier molecular flexibility index (Phi) is 8.47. The number of amides is 1. The van der Waals surface area contributed by atoms with Gasteiger partial charge in [0.05, 0.1) is 6.61 Å². The third-order valence-corrected chi connectivity index (χ3v) is 2.93. The van der Waals surface area contributed by atoms with Crippen LogP contribution in [0.2, 0.25) is 0 Å². The monoisotopic (exact) mass is 307 g/mol. The number of nitrogens with zero attached hydrogens (tertiary/aromatic N) is 1. The molecule has 1 aromatic rings. The first-order chi connectivity index (χ1) is 8.25. The number of primary amides is 1. The standard InChI is InChI=1S/C12H17N3O2.2ClH/c13-12(16)11-7-10(3-6-15-11)17-8-9-1-4-14-5-2-9;;/h3,6-7,9,14H,1-2,4-5,8H2,(H2,13,16);2*1H. The van der Waals surface area contributed by atoms with E-state index in [0.29, 0.717) is 18.3 Å². The van der Waals surface area contributed by atoms with Gasteiger partial charge >= 0.3 is 0 Å². The van der Waals surface area contributed by atoms with Crippen molar-refractivity contribution in [3.8, 4) is 5.75 Å². The summed E-state index contributed by atoms with van der Waals surface area (Å²) in [6.07, 6.45) is 3.80. The number of halogens is 2. The highest BCUT2D eigenvalue weighted by atomic mass is 35.5. The molecule has 0 aromatic carbocycles. The molecule has 108 valence electrons. The SMILES string of the molecule is Cl.Cl.NC(=O)c1cc(OCC2CCNCC2)ccn1. The molecule has 19 heavy (non-hydrogen) atoms. The average molecular weight is 308 g/mol. The Bertz CT molecular complexity index is 398. The maximum absolute atomic E-state index is 11.0. The van der Waals surface area contributed by atoms with Crippen molar-refractivity contribution >= 4 is 30.7 Å². The maximum atomic E-state index is 11.0. The molecule has 2 heterocycles. The molecule has 1 aliphatic rings. The first kappa shape index (κ1) is 18.0. The molecule has 1 aliphatic heterocycles. The van der Waals surface area contributed by atoms with E-state index in [1.54, 1.807) is 12.1 Å². The molecule has 3 N–H and O–H groups in total. The molecule has 1 amide bonds. The lowest BCUT2D eigenvalue weighted by molar-refractivity contribution is 0.0995. The van der Waals surface area contributed by atoms with E-state index >= 15 is 0 Å². The van der Waals surface area contributed by atoms with Crippen molar-refractivity contribution in [2.24, 2.45) is 11.7 Å². The molecule has 5 nitrogen and oxygen atoms in total. The molecule has 0 radical (unpaired) electrons. The van der Waals surface area contributed by atoms with Crippen LogP contribution in [0.15, 0.2) is 18.3 Å². The number of ether oxygens (including phenoxy) is 1. The number of piperidine rings is 1. The Morgan fingerprint density at radius 1 is 1.42 bits per heavy atom. The number of aromatic nitrogens is 1. The Morgan fingerprint density at radius 3 is 2.74 bits per heavy atom. The third kappa shape index (κ3) is 5.63. The lowest BCUT2D eigenvalue weighted by Crippen LogP contribution is -2.30. The summed E-state index contributed by atoms with van der Waals surface area (Å²) in [7, 11) is 0. The van der Waals surface area contributed by atoms with Crippen LogP contribution >= 0.6 is 24.8 Å². The highest BCUT2D eigenvalue weighted by Gasteiger charge is 2.13. The highest BCUT2D eigenvalue weighted by molar-refractivity contribution is 5.91. The van der Waals surface area contributed by atoms with Gasteiger partial charge in [-0.15, -0.1) is 24.8 Å². The van der Waals surface area contributed by atoms with Gasteiger partial charge in [0.15, 0.2) is 0 Å². The molecule has 0 unspecified atom stereocenters. The molecule has 2 rings (SSSR count). The van der Waals surface area contributed by atoms with Gasteiger partial charge in [0.2, 0.25) is 0 Å². The minimum atomic E-state index is -0.530. The summed E-state index contributed by atoms with van der Waals surface area (Å²) in [6.45, 7) is 2.79. The second-order valence-corrected chi connectivity index (χ2v) is 4.25. The van der Waals surface area contributed by atoms with Crippen LogP contribution in [-0.4, -0.2) is 30.6 Å². The number of carbonyl (C=O) groups is 1. The fraction of sp³-hybridized carbons (Fsp3) is 0.500. The van der Waals surface area contributed by atoms with Crippen molar-refractivity contribution in [2.75, 3.05) is 19.7 Å². The molecular formula is C12H19Cl2N3O2. The number of carbonyl (C=O) groups excluding carboxylic acids is 1. The van der Waals surface area contributed by atoms with E-state index in [-0.39, 0.29) is 30.5 Å². The second kappa shape index (κ2) is 8.96. The minimum absolute atomic E-state index is 0. The van der Waals surface area contributed by atoms with Crippen LogP contribution in [0.25, 0.3) is 0 Å². The Labute approximate surface area is 125 Å². The minimum Gasteiger partial charge on any atom is -0.493 e. The van der Waals surface area contributed by atoms with Crippen LogP contribution in [-0.2, 0) is 0 Å². The van der Waals surface area contributed by atoms with Gasteiger partial charge in [-0.25, -0.2) is 0 Å².